The second kappa shape index (κ2) is 6.75. The predicted molar refractivity (Wildman–Crippen MR) is 79.3 cm³/mol. The summed E-state index contributed by atoms with van der Waals surface area (Å²) in [6, 6.07) is 7.60. The normalized spacial score (nSPS) is 26.6. The lowest BCUT2D eigenvalue weighted by Crippen LogP contribution is -2.52. The molecule has 2 aliphatic heterocycles. The van der Waals surface area contributed by atoms with Gasteiger partial charge in [0.05, 0.1) is 19.8 Å². The first-order chi connectivity index (χ1) is 10.3. The molecule has 6 heteroatoms. The van der Waals surface area contributed by atoms with Crippen molar-refractivity contribution < 1.29 is 14.3 Å². The third-order valence-corrected chi connectivity index (χ3v) is 4.18. The van der Waals surface area contributed by atoms with E-state index in [1.807, 2.05) is 29.2 Å². The number of carbonyl (C=O) groups is 1. The highest BCUT2D eigenvalue weighted by atomic mass is 35.5. The van der Waals surface area contributed by atoms with Gasteiger partial charge in [0.2, 0.25) is 0 Å². The van der Waals surface area contributed by atoms with E-state index in [1.54, 1.807) is 0 Å². The zero-order valence-corrected chi connectivity index (χ0v) is 12.5. The number of benzene rings is 1. The van der Waals surface area contributed by atoms with Crippen LogP contribution in [-0.4, -0.2) is 56.3 Å². The quantitative estimate of drug-likeness (QED) is 0.892. The second-order valence-electron chi connectivity index (χ2n) is 5.23. The highest BCUT2D eigenvalue weighted by molar-refractivity contribution is 6.31. The standard InChI is InChI=1S/C15H19ClN2O3/c16-12-4-2-1-3-11(12)14-10-18(6-8-21-14)15(19)13-9-17-5-7-20-13/h1-4,13-14,17H,5-10H2/t13-,14-/m1/s1. The van der Waals surface area contributed by atoms with E-state index in [2.05, 4.69) is 5.32 Å². The number of rotatable bonds is 2. The van der Waals surface area contributed by atoms with Gasteiger partial charge in [0.25, 0.3) is 5.91 Å². The molecule has 0 aromatic heterocycles. The molecule has 0 saturated carbocycles. The Morgan fingerprint density at radius 3 is 2.90 bits per heavy atom. The van der Waals surface area contributed by atoms with E-state index in [-0.39, 0.29) is 18.1 Å². The van der Waals surface area contributed by atoms with Gasteiger partial charge < -0.3 is 19.7 Å². The zero-order valence-electron chi connectivity index (χ0n) is 11.8. The average molecular weight is 311 g/mol. The van der Waals surface area contributed by atoms with Gasteiger partial charge in [0, 0.05) is 30.2 Å². The maximum absolute atomic E-state index is 12.5. The molecule has 5 nitrogen and oxygen atoms in total. The van der Waals surface area contributed by atoms with Crippen LogP contribution < -0.4 is 5.32 Å². The fraction of sp³-hybridized carbons (Fsp3) is 0.533. The Hall–Kier alpha value is -1.14. The van der Waals surface area contributed by atoms with Crippen LogP contribution in [0.15, 0.2) is 24.3 Å². The van der Waals surface area contributed by atoms with Crippen LogP contribution in [0.5, 0.6) is 0 Å². The van der Waals surface area contributed by atoms with E-state index in [9.17, 15) is 4.79 Å². The van der Waals surface area contributed by atoms with Crippen molar-refractivity contribution in [2.24, 2.45) is 0 Å². The van der Waals surface area contributed by atoms with E-state index >= 15 is 0 Å². The number of ether oxygens (including phenoxy) is 2. The minimum absolute atomic E-state index is 0.0301. The fourth-order valence-corrected chi connectivity index (χ4v) is 2.96. The molecule has 0 bridgehead atoms. The Bertz CT molecular complexity index is 505. The zero-order chi connectivity index (χ0) is 14.7. The van der Waals surface area contributed by atoms with Crippen molar-refractivity contribution in [3.63, 3.8) is 0 Å². The van der Waals surface area contributed by atoms with Crippen LogP contribution in [0, 0.1) is 0 Å². The number of nitrogens with zero attached hydrogens (tertiary/aromatic N) is 1. The Labute approximate surface area is 129 Å². The van der Waals surface area contributed by atoms with Gasteiger partial charge in [0.1, 0.15) is 12.2 Å². The average Bonchev–Trinajstić information content (AvgIpc) is 2.55. The van der Waals surface area contributed by atoms with E-state index in [4.69, 9.17) is 21.1 Å². The predicted octanol–water partition coefficient (Wildman–Crippen LogP) is 1.23. The number of halogens is 1. The van der Waals surface area contributed by atoms with Crippen LogP contribution in [0.25, 0.3) is 0 Å². The van der Waals surface area contributed by atoms with Crippen molar-refractivity contribution >= 4 is 17.5 Å². The van der Waals surface area contributed by atoms with Gasteiger partial charge in [-0.1, -0.05) is 29.8 Å². The van der Waals surface area contributed by atoms with Gasteiger partial charge in [-0.2, -0.15) is 0 Å². The largest absolute Gasteiger partial charge is 0.370 e. The number of hydrogen-bond donors (Lipinski definition) is 1. The van der Waals surface area contributed by atoms with E-state index < -0.39 is 0 Å². The molecule has 1 amide bonds. The summed E-state index contributed by atoms with van der Waals surface area (Å²) < 4.78 is 11.3. The maximum Gasteiger partial charge on any atom is 0.253 e. The SMILES string of the molecule is O=C([C@H]1CNCCO1)N1CCO[C@@H](c2ccccc2Cl)C1. The molecule has 2 heterocycles. The third kappa shape index (κ3) is 3.37. The Kier molecular flexibility index (Phi) is 4.75. The number of morpholine rings is 2. The number of amides is 1. The third-order valence-electron chi connectivity index (χ3n) is 3.83. The summed E-state index contributed by atoms with van der Waals surface area (Å²) in [4.78, 5) is 14.3. The summed E-state index contributed by atoms with van der Waals surface area (Å²) >= 11 is 6.22. The van der Waals surface area contributed by atoms with Crippen molar-refractivity contribution in [2.75, 3.05) is 39.4 Å². The summed E-state index contributed by atoms with van der Waals surface area (Å²) in [5.74, 6) is 0.0301. The molecule has 3 rings (SSSR count). The number of hydrogen-bond acceptors (Lipinski definition) is 4. The van der Waals surface area contributed by atoms with Crippen LogP contribution in [-0.2, 0) is 14.3 Å². The van der Waals surface area contributed by atoms with Gasteiger partial charge in [0.15, 0.2) is 0 Å². The molecule has 2 fully saturated rings. The first-order valence-electron chi connectivity index (χ1n) is 7.23. The van der Waals surface area contributed by atoms with E-state index in [0.717, 1.165) is 12.1 Å². The molecule has 2 saturated heterocycles. The van der Waals surface area contributed by atoms with Crippen LogP contribution in [0.4, 0.5) is 0 Å². The summed E-state index contributed by atoms with van der Waals surface area (Å²) in [7, 11) is 0. The van der Waals surface area contributed by atoms with Gasteiger partial charge in [-0.3, -0.25) is 4.79 Å². The van der Waals surface area contributed by atoms with Crippen LogP contribution in [0.3, 0.4) is 0 Å². The molecule has 1 aromatic rings. The Morgan fingerprint density at radius 2 is 2.14 bits per heavy atom. The fourth-order valence-electron chi connectivity index (χ4n) is 2.70. The highest BCUT2D eigenvalue weighted by Gasteiger charge is 2.31. The first-order valence-corrected chi connectivity index (χ1v) is 7.60. The minimum Gasteiger partial charge on any atom is -0.370 e. The van der Waals surface area contributed by atoms with E-state index in [0.29, 0.717) is 37.9 Å². The van der Waals surface area contributed by atoms with Crippen LogP contribution in [0.2, 0.25) is 5.02 Å². The maximum atomic E-state index is 12.5. The second-order valence-corrected chi connectivity index (χ2v) is 5.64. The van der Waals surface area contributed by atoms with Crippen LogP contribution >= 0.6 is 11.6 Å². The molecule has 1 aromatic carbocycles. The minimum atomic E-state index is -0.385. The molecular formula is C15H19ClN2O3. The molecule has 0 unspecified atom stereocenters. The summed E-state index contributed by atoms with van der Waals surface area (Å²) in [6.45, 7) is 3.58. The monoisotopic (exact) mass is 310 g/mol. The lowest BCUT2D eigenvalue weighted by molar-refractivity contribution is -0.152. The topological polar surface area (TPSA) is 50.8 Å². The summed E-state index contributed by atoms with van der Waals surface area (Å²) in [5.41, 5.74) is 0.930. The molecule has 2 aliphatic rings. The molecule has 0 radical (unpaired) electrons. The van der Waals surface area contributed by atoms with Crippen molar-refractivity contribution in [2.45, 2.75) is 12.2 Å². The van der Waals surface area contributed by atoms with E-state index in [1.165, 1.54) is 0 Å². The highest BCUT2D eigenvalue weighted by Crippen LogP contribution is 2.28. The first kappa shape index (κ1) is 14.8. The van der Waals surface area contributed by atoms with Gasteiger partial charge in [-0.05, 0) is 6.07 Å². The molecule has 0 aliphatic carbocycles. The molecule has 0 spiro atoms. The smallest absolute Gasteiger partial charge is 0.253 e. The number of nitrogens with one attached hydrogen (secondary N) is 1. The molecule has 1 N–H and O–H groups in total. The lowest BCUT2D eigenvalue weighted by atomic mass is 10.1. The molecule has 21 heavy (non-hydrogen) atoms. The molecule has 2 atom stereocenters. The van der Waals surface area contributed by atoms with Crippen molar-refractivity contribution in [3.8, 4) is 0 Å². The van der Waals surface area contributed by atoms with Crippen molar-refractivity contribution in [1.29, 1.82) is 0 Å². The van der Waals surface area contributed by atoms with Gasteiger partial charge in [-0.15, -0.1) is 0 Å². The number of carbonyl (C=O) groups excluding carboxylic acids is 1. The van der Waals surface area contributed by atoms with Crippen molar-refractivity contribution in [3.05, 3.63) is 34.9 Å². The van der Waals surface area contributed by atoms with Gasteiger partial charge in [-0.25, -0.2) is 0 Å². The van der Waals surface area contributed by atoms with Crippen molar-refractivity contribution in [1.82, 2.24) is 10.2 Å². The van der Waals surface area contributed by atoms with Crippen LogP contribution in [0.1, 0.15) is 11.7 Å². The molecule has 114 valence electrons. The van der Waals surface area contributed by atoms with Gasteiger partial charge >= 0.3 is 0 Å². The molecular weight excluding hydrogens is 292 g/mol. The Morgan fingerprint density at radius 1 is 1.29 bits per heavy atom. The summed E-state index contributed by atoms with van der Waals surface area (Å²) in [5, 5.41) is 3.86. The summed E-state index contributed by atoms with van der Waals surface area (Å²) in [6.07, 6.45) is -0.559. The lowest BCUT2D eigenvalue weighted by Gasteiger charge is -2.36. The Balaban J connectivity index is 1.68.